The monoisotopic (exact) mass is 358 g/mol. The second-order valence-electron chi connectivity index (χ2n) is 6.63. The van der Waals surface area contributed by atoms with Crippen molar-refractivity contribution in [1.29, 1.82) is 0 Å². The van der Waals surface area contributed by atoms with Crippen molar-refractivity contribution in [2.75, 3.05) is 13.2 Å². The van der Waals surface area contributed by atoms with Crippen LogP contribution in [0, 0.1) is 0 Å². The molecule has 0 saturated carbocycles. The quantitative estimate of drug-likeness (QED) is 0.720. The average molecular weight is 359 g/mol. The van der Waals surface area contributed by atoms with Crippen molar-refractivity contribution in [2.45, 2.75) is 45.2 Å². The molecule has 0 radical (unpaired) electrons. The van der Waals surface area contributed by atoms with Crippen LogP contribution in [0.3, 0.4) is 0 Å². The summed E-state index contributed by atoms with van der Waals surface area (Å²) in [6.45, 7) is 12.5. The molecule has 0 atom stereocenters. The smallest absolute Gasteiger partial charge is 0.250 e. The highest BCUT2D eigenvalue weighted by Crippen LogP contribution is 2.40. The zero-order chi connectivity index (χ0) is 15.0. The van der Waals surface area contributed by atoms with Crippen LogP contribution in [0.2, 0.25) is 18.1 Å². The second kappa shape index (κ2) is 5.79. The lowest BCUT2D eigenvalue weighted by Crippen LogP contribution is -2.43. The van der Waals surface area contributed by atoms with E-state index in [1.165, 1.54) is 0 Å². The first kappa shape index (κ1) is 16.0. The number of rotatable bonds is 3. The Morgan fingerprint density at radius 3 is 2.30 bits per heavy atom. The number of halogens is 1. The molecule has 1 aromatic carbocycles. The minimum atomic E-state index is -1.82. The minimum Gasteiger partial charge on any atom is -0.543 e. The zero-order valence-corrected chi connectivity index (χ0v) is 15.4. The molecule has 1 aliphatic rings. The second-order valence-corrected chi connectivity index (χ2v) is 12.2. The maximum Gasteiger partial charge on any atom is 0.250 e. The third-order valence-electron chi connectivity index (χ3n) is 4.02. The molecule has 1 fully saturated rings. The molecule has 5 heteroatoms. The van der Waals surface area contributed by atoms with Gasteiger partial charge in [-0.1, -0.05) is 26.8 Å². The Hall–Kier alpha value is -0.363. The molecule has 1 saturated heterocycles. The van der Waals surface area contributed by atoms with E-state index in [4.69, 9.17) is 13.9 Å². The molecule has 0 aromatic heterocycles. The van der Waals surface area contributed by atoms with Gasteiger partial charge in [0.05, 0.1) is 17.7 Å². The van der Waals surface area contributed by atoms with Crippen LogP contribution < -0.4 is 4.43 Å². The third-order valence-corrected chi connectivity index (χ3v) is 8.98. The number of hydrogen-bond acceptors (Lipinski definition) is 3. The van der Waals surface area contributed by atoms with Crippen LogP contribution in [0.15, 0.2) is 22.7 Å². The van der Waals surface area contributed by atoms with Crippen molar-refractivity contribution < 1.29 is 13.9 Å². The van der Waals surface area contributed by atoms with Gasteiger partial charge in [0.1, 0.15) is 5.75 Å². The Bertz CT molecular complexity index is 476. The summed E-state index contributed by atoms with van der Waals surface area (Å²) in [5, 5.41) is 0.183. The van der Waals surface area contributed by atoms with Crippen molar-refractivity contribution in [1.82, 2.24) is 0 Å². The van der Waals surface area contributed by atoms with Crippen LogP contribution in [0.25, 0.3) is 0 Å². The summed E-state index contributed by atoms with van der Waals surface area (Å²) in [5.74, 6) is 0.901. The lowest BCUT2D eigenvalue weighted by atomic mass is 10.2. The number of hydrogen-bond donors (Lipinski definition) is 0. The molecule has 1 heterocycles. The van der Waals surface area contributed by atoms with Gasteiger partial charge in [-0.05, 0) is 46.2 Å². The molecule has 0 amide bonds. The van der Waals surface area contributed by atoms with Crippen LogP contribution in [-0.4, -0.2) is 21.5 Å². The van der Waals surface area contributed by atoms with Crippen molar-refractivity contribution in [3.63, 3.8) is 0 Å². The lowest BCUT2D eigenvalue weighted by molar-refractivity contribution is -0.0441. The summed E-state index contributed by atoms with van der Waals surface area (Å²) >= 11 is 3.60. The summed E-state index contributed by atoms with van der Waals surface area (Å²) in [4.78, 5) is 0. The fourth-order valence-electron chi connectivity index (χ4n) is 1.73. The highest BCUT2D eigenvalue weighted by Gasteiger charge is 2.39. The average Bonchev–Trinajstić information content (AvgIpc) is 2.83. The number of benzene rings is 1. The molecule has 0 N–H and O–H groups in total. The predicted molar refractivity (Wildman–Crippen MR) is 86.6 cm³/mol. The zero-order valence-electron chi connectivity index (χ0n) is 12.8. The number of ether oxygens (including phenoxy) is 2. The predicted octanol–water partition coefficient (Wildman–Crippen LogP) is 4.88. The molecule has 0 aliphatic carbocycles. The van der Waals surface area contributed by atoms with Crippen molar-refractivity contribution in [3.05, 3.63) is 28.2 Å². The van der Waals surface area contributed by atoms with Crippen LogP contribution in [0.5, 0.6) is 5.75 Å². The van der Waals surface area contributed by atoms with E-state index in [2.05, 4.69) is 49.8 Å². The fourth-order valence-corrected chi connectivity index (χ4v) is 3.39. The maximum atomic E-state index is 6.33. The molecule has 0 bridgehead atoms. The van der Waals surface area contributed by atoms with E-state index < -0.39 is 8.32 Å². The molecular formula is C15H23BrO3Si. The van der Waals surface area contributed by atoms with Gasteiger partial charge in [-0.15, -0.1) is 0 Å². The van der Waals surface area contributed by atoms with Gasteiger partial charge in [-0.2, -0.15) is 0 Å². The van der Waals surface area contributed by atoms with E-state index in [0.717, 1.165) is 15.8 Å². The van der Waals surface area contributed by atoms with Gasteiger partial charge in [0.2, 0.25) is 0 Å². The molecule has 20 heavy (non-hydrogen) atoms. The van der Waals surface area contributed by atoms with E-state index in [1.807, 2.05) is 18.2 Å². The van der Waals surface area contributed by atoms with E-state index >= 15 is 0 Å². The highest BCUT2D eigenvalue weighted by atomic mass is 79.9. The molecule has 1 aliphatic heterocycles. The molecule has 2 rings (SSSR count). The largest absolute Gasteiger partial charge is 0.543 e. The van der Waals surface area contributed by atoms with Gasteiger partial charge >= 0.3 is 0 Å². The Morgan fingerprint density at radius 2 is 1.80 bits per heavy atom. The van der Waals surface area contributed by atoms with Crippen molar-refractivity contribution >= 4 is 24.2 Å². The SMILES string of the molecule is CC(C)(C)[Si](C)(C)Oc1ccc(C2OCCO2)cc1Br. The standard InChI is InChI=1S/C15H23BrO3Si/c1-15(2,3)20(4,5)19-13-7-6-11(10-12(13)16)14-17-8-9-18-14/h6-7,10,14H,8-9H2,1-5H3. The summed E-state index contributed by atoms with van der Waals surface area (Å²) in [5.41, 5.74) is 1.02. The normalized spacial score (nSPS) is 17.5. The van der Waals surface area contributed by atoms with Crippen LogP contribution in [0.1, 0.15) is 32.6 Å². The van der Waals surface area contributed by atoms with E-state index in [-0.39, 0.29) is 11.3 Å². The van der Waals surface area contributed by atoms with Gasteiger partial charge in [0.15, 0.2) is 6.29 Å². The molecule has 112 valence electrons. The molecule has 3 nitrogen and oxygen atoms in total. The summed E-state index contributed by atoms with van der Waals surface area (Å²) < 4.78 is 18.3. The van der Waals surface area contributed by atoms with Gasteiger partial charge in [0.25, 0.3) is 8.32 Å². The molecular weight excluding hydrogens is 336 g/mol. The first-order chi connectivity index (χ1) is 9.21. The first-order valence-corrected chi connectivity index (χ1v) is 10.6. The Labute approximate surface area is 130 Å². The van der Waals surface area contributed by atoms with E-state index in [9.17, 15) is 0 Å². The minimum absolute atomic E-state index is 0.183. The molecule has 0 unspecified atom stereocenters. The Morgan fingerprint density at radius 1 is 1.20 bits per heavy atom. The van der Waals surface area contributed by atoms with E-state index in [1.54, 1.807) is 0 Å². The topological polar surface area (TPSA) is 27.7 Å². The van der Waals surface area contributed by atoms with E-state index in [0.29, 0.717) is 13.2 Å². The van der Waals surface area contributed by atoms with Crippen LogP contribution >= 0.6 is 15.9 Å². The Balaban J connectivity index is 2.18. The summed E-state index contributed by atoms with van der Waals surface area (Å²) in [6.07, 6.45) is -0.242. The molecule has 0 spiro atoms. The fraction of sp³-hybridized carbons (Fsp3) is 0.600. The van der Waals surface area contributed by atoms with Gasteiger partial charge in [-0.3, -0.25) is 0 Å². The maximum absolute atomic E-state index is 6.33. The first-order valence-electron chi connectivity index (χ1n) is 6.92. The lowest BCUT2D eigenvalue weighted by Gasteiger charge is -2.36. The summed E-state index contributed by atoms with van der Waals surface area (Å²) in [6, 6.07) is 6.05. The van der Waals surface area contributed by atoms with Gasteiger partial charge in [-0.25, -0.2) is 0 Å². The van der Waals surface area contributed by atoms with Gasteiger partial charge in [0, 0.05) is 5.56 Å². The van der Waals surface area contributed by atoms with Gasteiger partial charge < -0.3 is 13.9 Å². The van der Waals surface area contributed by atoms with Crippen LogP contribution in [0.4, 0.5) is 0 Å². The Kier molecular flexibility index (Phi) is 4.64. The molecule has 1 aromatic rings. The van der Waals surface area contributed by atoms with Crippen molar-refractivity contribution in [3.8, 4) is 5.75 Å². The highest BCUT2D eigenvalue weighted by molar-refractivity contribution is 9.10. The van der Waals surface area contributed by atoms with Crippen LogP contribution in [-0.2, 0) is 9.47 Å². The summed E-state index contributed by atoms with van der Waals surface area (Å²) in [7, 11) is -1.82. The van der Waals surface area contributed by atoms with Crippen molar-refractivity contribution in [2.24, 2.45) is 0 Å². The third kappa shape index (κ3) is 3.45.